The van der Waals surface area contributed by atoms with E-state index in [9.17, 15) is 10.0 Å². The van der Waals surface area contributed by atoms with Gasteiger partial charge in [-0.2, -0.15) is 0 Å². The van der Waals surface area contributed by atoms with E-state index < -0.39 is 7.12 Å². The van der Waals surface area contributed by atoms with Gasteiger partial charge < -0.3 is 14.6 Å². The first kappa shape index (κ1) is 15.9. The molecule has 0 aliphatic rings. The van der Waals surface area contributed by atoms with Crippen molar-refractivity contribution in [3.8, 4) is 5.69 Å². The van der Waals surface area contributed by atoms with Gasteiger partial charge in [0.1, 0.15) is 0 Å². The van der Waals surface area contributed by atoms with E-state index in [1.54, 1.807) is 18.2 Å². The molecular weight excluding hydrogens is 325 g/mol. The number of benzene rings is 3. The van der Waals surface area contributed by atoms with Crippen LogP contribution in [0, 0.1) is 13.1 Å². The van der Waals surface area contributed by atoms with E-state index in [0.29, 0.717) is 17.1 Å². The zero-order valence-corrected chi connectivity index (χ0v) is 13.6. The molecule has 6 heteroatoms. The van der Waals surface area contributed by atoms with Crippen LogP contribution in [-0.4, -0.2) is 21.7 Å². The molecule has 0 spiro atoms. The van der Waals surface area contributed by atoms with Crippen molar-refractivity contribution >= 4 is 45.8 Å². The Morgan fingerprint density at radius 1 is 0.769 bits per heavy atom. The number of fused-ring (bicyclic) bond motifs is 3. The Kier molecular flexibility index (Phi) is 3.71. The number of hydrogen-bond donors (Lipinski definition) is 2. The molecule has 0 radical (unpaired) electrons. The second-order valence-electron chi connectivity index (χ2n) is 5.93. The Labute approximate surface area is 150 Å². The maximum absolute atomic E-state index is 9.57. The lowest BCUT2D eigenvalue weighted by Gasteiger charge is -2.11. The summed E-state index contributed by atoms with van der Waals surface area (Å²) in [5.74, 6) is 0. The second-order valence-corrected chi connectivity index (χ2v) is 5.93. The van der Waals surface area contributed by atoms with Crippen LogP contribution >= 0.6 is 0 Å². The van der Waals surface area contributed by atoms with Crippen LogP contribution in [0.2, 0.25) is 0 Å². The normalized spacial score (nSPS) is 10.6. The zero-order valence-electron chi connectivity index (χ0n) is 13.6. The first-order chi connectivity index (χ1) is 12.6. The topological polar surface area (TPSA) is 54.1 Å². The lowest BCUT2D eigenvalue weighted by molar-refractivity contribution is 0.426. The number of rotatable bonds is 2. The number of hydrogen-bond acceptors (Lipinski definition) is 2. The van der Waals surface area contributed by atoms with Gasteiger partial charge in [-0.1, -0.05) is 30.3 Å². The highest BCUT2D eigenvalue weighted by molar-refractivity contribution is 6.58. The van der Waals surface area contributed by atoms with Crippen molar-refractivity contribution < 1.29 is 10.0 Å². The first-order valence-corrected chi connectivity index (χ1v) is 7.92. The molecule has 1 heterocycles. The summed E-state index contributed by atoms with van der Waals surface area (Å²) in [7, 11) is -1.66. The van der Waals surface area contributed by atoms with Crippen LogP contribution in [0.4, 0.5) is 11.4 Å². The molecule has 1 aromatic heterocycles. The Bertz CT molecular complexity index is 1250. The Morgan fingerprint density at radius 3 is 2.23 bits per heavy atom. The molecular formula is C20H12BN3O2. The van der Waals surface area contributed by atoms with E-state index in [1.165, 1.54) is 6.07 Å². The van der Waals surface area contributed by atoms with Crippen molar-refractivity contribution in [2.24, 2.45) is 0 Å². The smallest absolute Gasteiger partial charge is 0.423 e. The minimum absolute atomic E-state index is 0.261. The average molecular weight is 337 g/mol. The van der Waals surface area contributed by atoms with Gasteiger partial charge in [0.25, 0.3) is 0 Å². The summed E-state index contributed by atoms with van der Waals surface area (Å²) in [5.41, 5.74) is 3.63. The summed E-state index contributed by atoms with van der Waals surface area (Å²) in [5, 5.41) is 21.1. The van der Waals surface area contributed by atoms with E-state index in [2.05, 4.69) is 9.69 Å². The molecule has 0 amide bonds. The largest absolute Gasteiger partial charge is 0.487 e. The minimum Gasteiger partial charge on any atom is -0.423 e. The lowest BCUT2D eigenvalue weighted by Crippen LogP contribution is -2.30. The van der Waals surface area contributed by atoms with Crippen molar-refractivity contribution in [2.45, 2.75) is 0 Å². The molecule has 26 heavy (non-hydrogen) atoms. The van der Waals surface area contributed by atoms with Crippen LogP contribution in [0.1, 0.15) is 0 Å². The fourth-order valence-corrected chi connectivity index (χ4v) is 3.27. The van der Waals surface area contributed by atoms with Crippen LogP contribution in [0.5, 0.6) is 0 Å². The molecule has 2 N–H and O–H groups in total. The molecule has 3 aromatic carbocycles. The monoisotopic (exact) mass is 337 g/mol. The highest BCUT2D eigenvalue weighted by atomic mass is 16.4. The minimum atomic E-state index is -1.66. The molecule has 0 aliphatic heterocycles. The van der Waals surface area contributed by atoms with Crippen LogP contribution in [0.25, 0.3) is 37.2 Å². The van der Waals surface area contributed by atoms with Gasteiger partial charge in [0.05, 0.1) is 24.2 Å². The number of para-hydroxylation sites is 1. The third-order valence-electron chi connectivity index (χ3n) is 4.40. The highest BCUT2D eigenvalue weighted by Crippen LogP contribution is 2.34. The molecule has 4 rings (SSSR count). The molecule has 0 aliphatic carbocycles. The summed E-state index contributed by atoms with van der Waals surface area (Å²) < 4.78 is 1.97. The van der Waals surface area contributed by atoms with Gasteiger partial charge in [0.2, 0.25) is 0 Å². The maximum atomic E-state index is 9.57. The Morgan fingerprint density at radius 2 is 1.50 bits per heavy atom. The molecule has 0 unspecified atom stereocenters. The molecule has 5 nitrogen and oxygen atoms in total. The summed E-state index contributed by atoms with van der Waals surface area (Å²) >= 11 is 0. The molecule has 0 atom stereocenters. The van der Waals surface area contributed by atoms with Gasteiger partial charge in [-0.05, 0) is 41.2 Å². The number of aromatic nitrogens is 1. The highest BCUT2D eigenvalue weighted by Gasteiger charge is 2.17. The molecule has 0 bridgehead atoms. The van der Waals surface area contributed by atoms with Gasteiger partial charge in [0.15, 0.2) is 11.4 Å². The van der Waals surface area contributed by atoms with Gasteiger partial charge in [-0.15, -0.1) is 0 Å². The summed E-state index contributed by atoms with van der Waals surface area (Å²) in [4.78, 5) is 6.96. The summed E-state index contributed by atoms with van der Waals surface area (Å²) in [6, 6.07) is 18.1. The average Bonchev–Trinajstić information content (AvgIpc) is 3.01. The molecule has 0 saturated heterocycles. The molecule has 122 valence electrons. The third-order valence-corrected chi connectivity index (χ3v) is 4.40. The number of nitrogens with zero attached hydrogens (tertiary/aromatic N) is 3. The zero-order chi connectivity index (χ0) is 18.3. The Balaban J connectivity index is 2.13. The molecule has 4 aromatic rings. The van der Waals surface area contributed by atoms with E-state index in [-0.39, 0.29) is 5.46 Å². The van der Waals surface area contributed by atoms with Crippen LogP contribution in [0.3, 0.4) is 0 Å². The third kappa shape index (κ3) is 2.42. The van der Waals surface area contributed by atoms with Crippen LogP contribution in [0.15, 0.2) is 60.7 Å². The lowest BCUT2D eigenvalue weighted by atomic mass is 9.80. The summed E-state index contributed by atoms with van der Waals surface area (Å²) in [6.07, 6.45) is 0. The van der Waals surface area contributed by atoms with E-state index in [1.807, 2.05) is 41.0 Å². The molecule has 0 fully saturated rings. The summed E-state index contributed by atoms with van der Waals surface area (Å²) in [6.45, 7) is 14.6. The van der Waals surface area contributed by atoms with Gasteiger partial charge in [-0.3, -0.25) is 0 Å². The fourth-order valence-electron chi connectivity index (χ4n) is 3.27. The maximum Gasteiger partial charge on any atom is 0.487 e. The van der Waals surface area contributed by atoms with Crippen molar-refractivity contribution in [3.05, 3.63) is 83.5 Å². The van der Waals surface area contributed by atoms with E-state index in [4.69, 9.17) is 13.1 Å². The first-order valence-electron chi connectivity index (χ1n) is 7.92. The van der Waals surface area contributed by atoms with Crippen molar-refractivity contribution in [1.29, 1.82) is 0 Å². The second kappa shape index (κ2) is 6.05. The van der Waals surface area contributed by atoms with E-state index in [0.717, 1.165) is 21.8 Å². The molecule has 0 saturated carbocycles. The standard InChI is InChI=1S/C20H12BN3O2/c1-22-14-7-8-20-18(12-14)17-5-3-4-6-19(17)24(20)16-10-13(21(25)26)9-15(11-16)23-2/h3-12,25-26H. The SMILES string of the molecule is [C-]#[N+]c1cc(B(O)O)cc(-n2c3ccccc3c3cc([N+]#[C-])ccc32)c1. The Hall–Kier alpha value is -3.58. The quantitative estimate of drug-likeness (QED) is 0.434. The van der Waals surface area contributed by atoms with Crippen molar-refractivity contribution in [3.63, 3.8) is 0 Å². The van der Waals surface area contributed by atoms with Crippen molar-refractivity contribution in [2.75, 3.05) is 0 Å². The predicted molar refractivity (Wildman–Crippen MR) is 103 cm³/mol. The van der Waals surface area contributed by atoms with E-state index >= 15 is 0 Å². The predicted octanol–water partition coefficient (Wildman–Crippen LogP) is 3.57. The fraction of sp³-hybridized carbons (Fsp3) is 0. The van der Waals surface area contributed by atoms with Gasteiger partial charge in [-0.25, -0.2) is 9.69 Å². The van der Waals surface area contributed by atoms with Crippen LogP contribution < -0.4 is 5.46 Å². The van der Waals surface area contributed by atoms with Crippen molar-refractivity contribution in [1.82, 2.24) is 4.57 Å². The van der Waals surface area contributed by atoms with Gasteiger partial charge >= 0.3 is 7.12 Å². The van der Waals surface area contributed by atoms with Gasteiger partial charge in [0, 0.05) is 11.1 Å². The van der Waals surface area contributed by atoms with Crippen LogP contribution in [-0.2, 0) is 0 Å².